The summed E-state index contributed by atoms with van der Waals surface area (Å²) in [5.41, 5.74) is 2.59. The van der Waals surface area contributed by atoms with Crippen LogP contribution in [0, 0.1) is 0 Å². The number of rotatable bonds is 6. The number of benzene rings is 2. The van der Waals surface area contributed by atoms with E-state index in [1.807, 2.05) is 90.1 Å². The minimum Gasteiger partial charge on any atom is -0.457 e. The average molecular weight is 709 g/mol. The van der Waals surface area contributed by atoms with Gasteiger partial charge in [-0.25, -0.2) is 19.6 Å². The van der Waals surface area contributed by atoms with Crippen molar-refractivity contribution in [2.75, 3.05) is 13.1 Å². The van der Waals surface area contributed by atoms with Gasteiger partial charge in [0.05, 0.1) is 35.9 Å². The maximum absolute atomic E-state index is 12.7. The molecule has 2 aromatic carbocycles. The molecule has 13 heteroatoms. The fourth-order valence-corrected chi connectivity index (χ4v) is 6.03. The number of hydrogen-bond donors (Lipinski definition) is 2. The Bertz CT molecular complexity index is 1580. The average Bonchev–Trinajstić information content (AvgIpc) is 3.82. The van der Waals surface area contributed by atoms with Crippen molar-refractivity contribution in [3.8, 4) is 34.0 Å². The predicted molar refractivity (Wildman–Crippen MR) is 199 cm³/mol. The molecule has 2 aromatic heterocycles. The monoisotopic (exact) mass is 708 g/mol. The number of hydrogen-bond acceptors (Lipinski definition) is 7. The van der Waals surface area contributed by atoms with Gasteiger partial charge in [-0.05, 0) is 127 Å². The lowest BCUT2D eigenvalue weighted by molar-refractivity contribution is 0.0208. The van der Waals surface area contributed by atoms with E-state index in [1.54, 1.807) is 22.2 Å². The molecule has 49 heavy (non-hydrogen) atoms. The quantitative estimate of drug-likeness (QED) is 0.205. The first-order valence-electron chi connectivity index (χ1n) is 16.3. The zero-order valence-electron chi connectivity index (χ0n) is 29.0. The third-order valence-corrected chi connectivity index (χ3v) is 8.15. The molecule has 0 spiro atoms. The summed E-state index contributed by atoms with van der Waals surface area (Å²) in [6.07, 6.45) is 6.49. The smallest absolute Gasteiger partial charge is 0.410 e. The maximum atomic E-state index is 12.7. The van der Waals surface area contributed by atoms with E-state index in [1.165, 1.54) is 0 Å². The number of aromatic nitrogens is 4. The number of aromatic amines is 2. The summed E-state index contributed by atoms with van der Waals surface area (Å²) in [6.45, 7) is 12.6. The first-order valence-corrected chi connectivity index (χ1v) is 16.3. The molecular formula is C36H48N6O5S2. The number of ether oxygens (including phenoxy) is 3. The largest absolute Gasteiger partial charge is 0.457 e. The van der Waals surface area contributed by atoms with E-state index in [4.69, 9.17) is 14.2 Å². The zero-order valence-corrected chi connectivity index (χ0v) is 31.0. The van der Waals surface area contributed by atoms with E-state index in [2.05, 4.69) is 19.9 Å². The van der Waals surface area contributed by atoms with Crippen molar-refractivity contribution in [3.05, 3.63) is 72.6 Å². The van der Waals surface area contributed by atoms with Crippen LogP contribution in [-0.4, -0.2) is 66.2 Å². The van der Waals surface area contributed by atoms with Gasteiger partial charge in [0.15, 0.2) is 0 Å². The van der Waals surface area contributed by atoms with Crippen LogP contribution in [0.25, 0.3) is 22.5 Å². The van der Waals surface area contributed by atoms with Crippen LogP contribution >= 0.6 is 27.0 Å². The van der Waals surface area contributed by atoms with E-state index in [9.17, 15) is 9.59 Å². The molecule has 2 aliphatic rings. The van der Waals surface area contributed by atoms with Gasteiger partial charge in [0.1, 0.15) is 34.3 Å². The molecule has 2 amide bonds. The van der Waals surface area contributed by atoms with Crippen molar-refractivity contribution in [2.45, 2.75) is 90.5 Å². The molecule has 0 saturated carbocycles. The molecule has 4 aromatic rings. The van der Waals surface area contributed by atoms with Crippen LogP contribution in [0.4, 0.5) is 9.59 Å². The van der Waals surface area contributed by atoms with E-state index in [-0.39, 0.29) is 51.3 Å². The second-order valence-electron chi connectivity index (χ2n) is 14.2. The number of nitrogens with one attached hydrogen (secondary N) is 2. The van der Waals surface area contributed by atoms with Gasteiger partial charge in [0.2, 0.25) is 0 Å². The number of likely N-dealkylation sites (tertiary alicyclic amines) is 2. The highest BCUT2D eigenvalue weighted by Gasteiger charge is 2.36. The number of nitrogens with zero attached hydrogens (tertiary/aromatic N) is 4. The fourth-order valence-electron chi connectivity index (χ4n) is 6.03. The summed E-state index contributed by atoms with van der Waals surface area (Å²) in [7, 11) is 0. The highest BCUT2D eigenvalue weighted by Crippen LogP contribution is 2.35. The van der Waals surface area contributed by atoms with Crippen molar-refractivity contribution in [1.29, 1.82) is 0 Å². The third-order valence-electron chi connectivity index (χ3n) is 8.15. The van der Waals surface area contributed by atoms with Crippen molar-refractivity contribution in [2.24, 2.45) is 0 Å². The summed E-state index contributed by atoms with van der Waals surface area (Å²) in [5.74, 6) is 2.94. The van der Waals surface area contributed by atoms with Gasteiger partial charge < -0.3 is 24.2 Å². The highest BCUT2D eigenvalue weighted by atomic mass is 32.1. The summed E-state index contributed by atoms with van der Waals surface area (Å²) in [5, 5.41) is 0. The van der Waals surface area contributed by atoms with Gasteiger partial charge in [-0.1, -0.05) is 0 Å². The fraction of sp³-hybridized carbons (Fsp3) is 0.444. The molecule has 4 heterocycles. The molecule has 2 N–H and O–H groups in total. The molecule has 0 unspecified atom stereocenters. The van der Waals surface area contributed by atoms with Gasteiger partial charge in [-0.2, -0.15) is 27.0 Å². The van der Waals surface area contributed by atoms with Crippen LogP contribution in [0.2, 0.25) is 0 Å². The summed E-state index contributed by atoms with van der Waals surface area (Å²) in [4.78, 5) is 45.1. The van der Waals surface area contributed by atoms with Crippen molar-refractivity contribution >= 4 is 39.2 Å². The molecule has 264 valence electrons. The molecule has 2 fully saturated rings. The Balaban J connectivity index is 0.00000270. The molecule has 0 aliphatic carbocycles. The van der Waals surface area contributed by atoms with Crippen LogP contribution < -0.4 is 4.74 Å². The minimum atomic E-state index is -0.544. The first-order chi connectivity index (χ1) is 22.3. The van der Waals surface area contributed by atoms with Gasteiger partial charge in [0, 0.05) is 13.1 Å². The third kappa shape index (κ3) is 9.13. The van der Waals surface area contributed by atoms with Crippen LogP contribution in [0.3, 0.4) is 0 Å². The Morgan fingerprint density at radius 1 is 0.653 bits per heavy atom. The Labute approximate surface area is 302 Å². The Kier molecular flexibility index (Phi) is 11.7. The van der Waals surface area contributed by atoms with E-state index in [0.29, 0.717) is 24.6 Å². The molecular weight excluding hydrogens is 661 g/mol. The lowest BCUT2D eigenvalue weighted by atomic mass is 10.1. The zero-order chi connectivity index (χ0) is 33.3. The number of carbonyl (C=O) groups is 2. The Morgan fingerprint density at radius 3 is 1.37 bits per heavy atom. The number of H-pyrrole nitrogens is 2. The normalized spacial score (nSPS) is 17.7. The first kappa shape index (κ1) is 37.7. The number of amides is 2. The van der Waals surface area contributed by atoms with E-state index >= 15 is 0 Å². The minimum absolute atomic E-state index is 0. The van der Waals surface area contributed by atoms with Crippen LogP contribution in [0.1, 0.15) is 91.0 Å². The van der Waals surface area contributed by atoms with Gasteiger partial charge >= 0.3 is 12.2 Å². The number of imidazole rings is 2. The standard InChI is InChI=1S/C36H44N6O5.2H2S/c1-35(2,3)46-33(43)41-19-7-9-29(41)31-37-21-27(39-31)23-11-15-25(16-12-23)45-26-17-13-24(14-18-26)28-22-38-32(40-28)30-10-8-20-42(30)34(44)47-36(4,5)6;;/h11-18,21-22,29-30H,7-10,19-20H2,1-6H3,(H,37,39)(H,38,40);2*1H2/t29-,30-;;/m0../s1. The highest BCUT2D eigenvalue weighted by molar-refractivity contribution is 7.59. The van der Waals surface area contributed by atoms with Crippen LogP contribution in [0.15, 0.2) is 60.9 Å². The summed E-state index contributed by atoms with van der Waals surface area (Å²) < 4.78 is 17.3. The van der Waals surface area contributed by atoms with Crippen molar-refractivity contribution < 1.29 is 23.8 Å². The molecule has 2 atom stereocenters. The Hall–Kier alpha value is -4.10. The summed E-state index contributed by atoms with van der Waals surface area (Å²) >= 11 is 0. The molecule has 0 bridgehead atoms. The van der Waals surface area contributed by atoms with Gasteiger partial charge in [-0.3, -0.25) is 9.80 Å². The maximum Gasteiger partial charge on any atom is 0.410 e. The summed E-state index contributed by atoms with van der Waals surface area (Å²) in [6, 6.07) is 15.4. The molecule has 2 aliphatic heterocycles. The lowest BCUT2D eigenvalue weighted by Gasteiger charge is -2.27. The Morgan fingerprint density at radius 2 is 1.02 bits per heavy atom. The van der Waals surface area contributed by atoms with Crippen LogP contribution in [-0.2, 0) is 9.47 Å². The van der Waals surface area contributed by atoms with Crippen molar-refractivity contribution in [3.63, 3.8) is 0 Å². The molecule has 6 rings (SSSR count). The molecule has 11 nitrogen and oxygen atoms in total. The predicted octanol–water partition coefficient (Wildman–Crippen LogP) is 8.63. The second-order valence-corrected chi connectivity index (χ2v) is 14.2. The SMILES string of the molecule is CC(C)(C)OC(=O)N1CCC[C@H]1c1ncc(-c2ccc(Oc3ccc(-c4cnc([C@@H]5CCCN5C(=O)OC(C)(C)C)[nH]4)cc3)cc2)[nH]1.S.S. The van der Waals surface area contributed by atoms with E-state index in [0.717, 1.165) is 59.8 Å². The van der Waals surface area contributed by atoms with E-state index < -0.39 is 11.2 Å². The second kappa shape index (κ2) is 15.2. The van der Waals surface area contributed by atoms with Gasteiger partial charge in [-0.15, -0.1) is 0 Å². The van der Waals surface area contributed by atoms with Crippen LogP contribution in [0.5, 0.6) is 11.5 Å². The van der Waals surface area contributed by atoms with Crippen molar-refractivity contribution in [1.82, 2.24) is 29.7 Å². The lowest BCUT2D eigenvalue weighted by Crippen LogP contribution is -2.36. The number of carbonyl (C=O) groups excluding carboxylic acids is 2. The molecule has 0 radical (unpaired) electrons. The van der Waals surface area contributed by atoms with Gasteiger partial charge in [0.25, 0.3) is 0 Å². The molecule has 2 saturated heterocycles. The topological polar surface area (TPSA) is 126 Å².